The van der Waals surface area contributed by atoms with Crippen molar-refractivity contribution < 1.29 is 13.2 Å². The molecule has 0 saturated carbocycles. The van der Waals surface area contributed by atoms with Crippen molar-refractivity contribution in [3.05, 3.63) is 35.4 Å². The number of carbonyl (C=O) groups excluding carboxylic acids is 1. The Labute approximate surface area is 142 Å². The fourth-order valence-corrected chi connectivity index (χ4v) is 4.04. The van der Waals surface area contributed by atoms with Crippen LogP contribution in [0.25, 0.3) is 0 Å². The molecule has 0 aromatic heterocycles. The van der Waals surface area contributed by atoms with Crippen LogP contribution in [0.2, 0.25) is 0 Å². The summed E-state index contributed by atoms with van der Waals surface area (Å²) in [7, 11) is -1.43. The van der Waals surface area contributed by atoms with Gasteiger partial charge in [0.15, 0.2) is 15.8 Å². The quantitative estimate of drug-likeness (QED) is 0.604. The van der Waals surface area contributed by atoms with E-state index in [9.17, 15) is 13.2 Å². The Morgan fingerprint density at radius 3 is 2.71 bits per heavy atom. The Morgan fingerprint density at radius 2 is 2.12 bits per heavy atom. The zero-order valence-corrected chi connectivity index (χ0v) is 15.1. The molecule has 132 valence electrons. The molecule has 3 N–H and O–H groups in total. The van der Waals surface area contributed by atoms with Gasteiger partial charge in [0.1, 0.15) is 0 Å². The van der Waals surface area contributed by atoms with E-state index in [1.807, 2.05) is 11.0 Å². The second-order valence-corrected chi connectivity index (χ2v) is 9.21. The molecule has 1 aromatic carbocycles. The van der Waals surface area contributed by atoms with E-state index < -0.39 is 20.5 Å². The molecule has 1 amide bonds. The van der Waals surface area contributed by atoms with Gasteiger partial charge in [-0.2, -0.15) is 0 Å². The molecule has 0 atom stereocenters. The van der Waals surface area contributed by atoms with Gasteiger partial charge in [-0.1, -0.05) is 12.1 Å². The van der Waals surface area contributed by atoms with E-state index in [1.165, 1.54) is 0 Å². The average Bonchev–Trinajstić information content (AvgIpc) is 2.51. The Kier molecular flexibility index (Phi) is 5.17. The molecule has 0 spiro atoms. The standard InChI is InChI=1S/C16H24N4O3S/c1-16(2)11-20(7-8-24(16,22)23)15(18-3)19-10-12-5-4-6-13(9-12)14(17)21/h4-6,9H,7-8,10-11H2,1-3H3,(H2,17,21)(H,18,19). The van der Waals surface area contributed by atoms with Gasteiger partial charge in [0.25, 0.3) is 0 Å². The Morgan fingerprint density at radius 1 is 1.42 bits per heavy atom. The number of hydrogen-bond acceptors (Lipinski definition) is 4. The molecule has 0 bridgehead atoms. The lowest BCUT2D eigenvalue weighted by atomic mass is 10.1. The molecule has 0 unspecified atom stereocenters. The van der Waals surface area contributed by atoms with Crippen LogP contribution in [0, 0.1) is 0 Å². The molecule has 1 aliphatic heterocycles. The van der Waals surface area contributed by atoms with Crippen LogP contribution < -0.4 is 11.1 Å². The molecular formula is C16H24N4O3S. The second-order valence-electron chi connectivity index (χ2n) is 6.47. The molecule has 1 saturated heterocycles. The van der Waals surface area contributed by atoms with E-state index in [4.69, 9.17) is 5.73 Å². The van der Waals surface area contributed by atoms with Crippen molar-refractivity contribution in [3.8, 4) is 0 Å². The van der Waals surface area contributed by atoms with E-state index in [1.54, 1.807) is 39.1 Å². The third kappa shape index (κ3) is 3.87. The normalized spacial score (nSPS) is 19.8. The van der Waals surface area contributed by atoms with Crippen molar-refractivity contribution >= 4 is 21.7 Å². The minimum absolute atomic E-state index is 0.109. The van der Waals surface area contributed by atoms with Crippen molar-refractivity contribution in [1.29, 1.82) is 0 Å². The number of rotatable bonds is 3. The summed E-state index contributed by atoms with van der Waals surface area (Å²) >= 11 is 0. The summed E-state index contributed by atoms with van der Waals surface area (Å²) in [6.07, 6.45) is 0. The lowest BCUT2D eigenvalue weighted by molar-refractivity contribution is 0.1000. The van der Waals surface area contributed by atoms with Crippen LogP contribution >= 0.6 is 0 Å². The van der Waals surface area contributed by atoms with Crippen LogP contribution in [0.15, 0.2) is 29.3 Å². The van der Waals surface area contributed by atoms with E-state index in [2.05, 4.69) is 10.3 Å². The number of hydrogen-bond donors (Lipinski definition) is 2. The first-order chi connectivity index (χ1) is 11.2. The molecule has 0 radical (unpaired) electrons. The lowest BCUT2D eigenvalue weighted by Gasteiger charge is -2.39. The van der Waals surface area contributed by atoms with Crippen molar-refractivity contribution in [1.82, 2.24) is 10.2 Å². The third-order valence-electron chi connectivity index (χ3n) is 4.22. The number of primary amides is 1. The van der Waals surface area contributed by atoms with Crippen LogP contribution in [0.4, 0.5) is 0 Å². The number of amides is 1. The minimum Gasteiger partial charge on any atom is -0.366 e. The number of aliphatic imine (C=N–C) groups is 1. The number of benzene rings is 1. The molecule has 2 rings (SSSR count). The Hall–Kier alpha value is -2.09. The lowest BCUT2D eigenvalue weighted by Crippen LogP contribution is -2.57. The first-order valence-electron chi connectivity index (χ1n) is 7.73. The molecule has 1 fully saturated rings. The van der Waals surface area contributed by atoms with Gasteiger partial charge in [0, 0.05) is 32.2 Å². The van der Waals surface area contributed by atoms with E-state index in [-0.39, 0.29) is 5.75 Å². The third-order valence-corrected chi connectivity index (χ3v) is 6.75. The van der Waals surface area contributed by atoms with Gasteiger partial charge in [-0.25, -0.2) is 8.42 Å². The highest BCUT2D eigenvalue weighted by molar-refractivity contribution is 7.92. The smallest absolute Gasteiger partial charge is 0.248 e. The maximum absolute atomic E-state index is 12.1. The van der Waals surface area contributed by atoms with Gasteiger partial charge >= 0.3 is 0 Å². The summed E-state index contributed by atoms with van der Waals surface area (Å²) in [6, 6.07) is 7.06. The molecule has 1 aliphatic rings. The van der Waals surface area contributed by atoms with E-state index in [0.29, 0.717) is 31.2 Å². The fraction of sp³-hybridized carbons (Fsp3) is 0.500. The largest absolute Gasteiger partial charge is 0.366 e. The Bertz CT molecular complexity index is 756. The molecule has 1 aromatic rings. The Balaban J connectivity index is 2.06. The number of nitrogens with two attached hydrogens (primary N) is 1. The number of sulfone groups is 1. The van der Waals surface area contributed by atoms with Gasteiger partial charge in [-0.15, -0.1) is 0 Å². The molecular weight excluding hydrogens is 328 g/mol. The van der Waals surface area contributed by atoms with Gasteiger partial charge < -0.3 is 16.0 Å². The summed E-state index contributed by atoms with van der Waals surface area (Å²) in [5, 5.41) is 3.22. The molecule has 24 heavy (non-hydrogen) atoms. The maximum atomic E-state index is 12.1. The first kappa shape index (κ1) is 18.3. The summed E-state index contributed by atoms with van der Waals surface area (Å²) in [5.74, 6) is 0.282. The highest BCUT2D eigenvalue weighted by Crippen LogP contribution is 2.23. The summed E-state index contributed by atoms with van der Waals surface area (Å²) in [4.78, 5) is 17.4. The van der Waals surface area contributed by atoms with E-state index in [0.717, 1.165) is 5.56 Å². The first-order valence-corrected chi connectivity index (χ1v) is 9.38. The number of carbonyl (C=O) groups is 1. The van der Waals surface area contributed by atoms with Crippen LogP contribution in [0.1, 0.15) is 29.8 Å². The van der Waals surface area contributed by atoms with Crippen molar-refractivity contribution in [2.24, 2.45) is 10.7 Å². The van der Waals surface area contributed by atoms with Crippen LogP contribution in [0.5, 0.6) is 0 Å². The van der Waals surface area contributed by atoms with Gasteiger partial charge in [-0.3, -0.25) is 9.79 Å². The molecule has 0 aliphatic carbocycles. The summed E-state index contributed by atoms with van der Waals surface area (Å²) in [5.41, 5.74) is 6.64. The van der Waals surface area contributed by atoms with E-state index >= 15 is 0 Å². The highest BCUT2D eigenvalue weighted by Gasteiger charge is 2.40. The number of nitrogens with one attached hydrogen (secondary N) is 1. The van der Waals surface area contributed by atoms with Gasteiger partial charge in [-0.05, 0) is 31.5 Å². The van der Waals surface area contributed by atoms with Crippen molar-refractivity contribution in [3.63, 3.8) is 0 Å². The average molecular weight is 352 g/mol. The molecule has 7 nitrogen and oxygen atoms in total. The fourth-order valence-electron chi connectivity index (χ4n) is 2.67. The predicted octanol–water partition coefficient (Wildman–Crippen LogP) is 0.370. The van der Waals surface area contributed by atoms with Gasteiger partial charge in [0.05, 0.1) is 10.5 Å². The second kappa shape index (κ2) is 6.80. The molecule has 1 heterocycles. The van der Waals surface area contributed by atoms with Crippen LogP contribution in [-0.2, 0) is 16.4 Å². The topological polar surface area (TPSA) is 105 Å². The number of nitrogens with zero attached hydrogens (tertiary/aromatic N) is 2. The highest BCUT2D eigenvalue weighted by atomic mass is 32.2. The number of guanidine groups is 1. The zero-order chi connectivity index (χ0) is 18.0. The molecule has 8 heteroatoms. The van der Waals surface area contributed by atoms with Crippen LogP contribution in [-0.4, -0.2) is 55.8 Å². The monoisotopic (exact) mass is 352 g/mol. The summed E-state index contributed by atoms with van der Waals surface area (Å²) < 4.78 is 23.4. The maximum Gasteiger partial charge on any atom is 0.248 e. The predicted molar refractivity (Wildman–Crippen MR) is 94.6 cm³/mol. The zero-order valence-electron chi connectivity index (χ0n) is 14.2. The SMILES string of the molecule is CN=C(NCc1cccc(C(N)=O)c1)N1CCS(=O)(=O)C(C)(C)C1. The summed E-state index contributed by atoms with van der Waals surface area (Å²) in [6.45, 7) is 4.73. The van der Waals surface area contributed by atoms with Crippen LogP contribution in [0.3, 0.4) is 0 Å². The minimum atomic E-state index is -3.09. The van der Waals surface area contributed by atoms with Gasteiger partial charge in [0.2, 0.25) is 5.91 Å². The van der Waals surface area contributed by atoms with Crippen molar-refractivity contribution in [2.45, 2.75) is 25.1 Å². The van der Waals surface area contributed by atoms with Crippen molar-refractivity contribution in [2.75, 3.05) is 25.9 Å².